The Morgan fingerprint density at radius 1 is 1.21 bits per heavy atom. The van der Waals surface area contributed by atoms with Crippen molar-refractivity contribution in [3.05, 3.63) is 34.9 Å². The lowest BCUT2D eigenvalue weighted by Gasteiger charge is -2.25. The van der Waals surface area contributed by atoms with Crippen LogP contribution in [0.1, 0.15) is 49.9 Å². The molecule has 1 heterocycles. The van der Waals surface area contributed by atoms with Crippen molar-refractivity contribution in [2.24, 2.45) is 5.92 Å². The van der Waals surface area contributed by atoms with E-state index in [9.17, 15) is 0 Å². The summed E-state index contributed by atoms with van der Waals surface area (Å²) >= 11 is 0. The fourth-order valence-corrected chi connectivity index (χ4v) is 3.11. The van der Waals surface area contributed by atoms with Gasteiger partial charge in [0.25, 0.3) is 0 Å². The van der Waals surface area contributed by atoms with Gasteiger partial charge in [0, 0.05) is 18.6 Å². The van der Waals surface area contributed by atoms with Crippen LogP contribution in [-0.2, 0) is 17.6 Å². The highest BCUT2D eigenvalue weighted by atomic mass is 16.5. The van der Waals surface area contributed by atoms with Crippen molar-refractivity contribution in [1.29, 1.82) is 0 Å². The van der Waals surface area contributed by atoms with E-state index in [4.69, 9.17) is 4.74 Å². The second-order valence-corrected chi connectivity index (χ2v) is 5.39. The van der Waals surface area contributed by atoms with Gasteiger partial charge in [0.05, 0.1) is 6.61 Å². The zero-order chi connectivity index (χ0) is 13.7. The summed E-state index contributed by atoms with van der Waals surface area (Å²) in [5.74, 6) is 0.622. The first kappa shape index (κ1) is 14.5. The quantitative estimate of drug-likeness (QED) is 0.846. The van der Waals surface area contributed by atoms with Crippen LogP contribution in [-0.4, -0.2) is 19.8 Å². The molecule has 0 aliphatic carbocycles. The van der Waals surface area contributed by atoms with Crippen molar-refractivity contribution in [1.82, 2.24) is 5.32 Å². The molecule has 0 amide bonds. The zero-order valence-electron chi connectivity index (χ0n) is 12.5. The SMILES string of the molecule is CCNC(c1ccc(CC)c(CC)c1)C1CCOC1. The number of hydrogen-bond acceptors (Lipinski definition) is 2. The first-order valence-electron chi connectivity index (χ1n) is 7.72. The molecule has 2 unspecified atom stereocenters. The van der Waals surface area contributed by atoms with Crippen molar-refractivity contribution in [3.8, 4) is 0 Å². The monoisotopic (exact) mass is 261 g/mol. The summed E-state index contributed by atoms with van der Waals surface area (Å²) in [6.07, 6.45) is 3.42. The first-order valence-corrected chi connectivity index (χ1v) is 7.72. The van der Waals surface area contributed by atoms with Gasteiger partial charge in [0.2, 0.25) is 0 Å². The van der Waals surface area contributed by atoms with Crippen molar-refractivity contribution < 1.29 is 4.74 Å². The van der Waals surface area contributed by atoms with E-state index in [-0.39, 0.29) is 0 Å². The fraction of sp³-hybridized carbons (Fsp3) is 0.647. The molecule has 1 aromatic carbocycles. The van der Waals surface area contributed by atoms with Gasteiger partial charge in [-0.1, -0.05) is 39.0 Å². The Kier molecular flexibility index (Phi) is 5.41. The molecule has 1 aromatic rings. The third kappa shape index (κ3) is 3.37. The third-order valence-electron chi connectivity index (χ3n) is 4.21. The summed E-state index contributed by atoms with van der Waals surface area (Å²) in [4.78, 5) is 0. The predicted molar refractivity (Wildman–Crippen MR) is 80.5 cm³/mol. The molecule has 0 bridgehead atoms. The summed E-state index contributed by atoms with van der Waals surface area (Å²) in [6, 6.07) is 7.48. The molecule has 2 heteroatoms. The average Bonchev–Trinajstić information content (AvgIpc) is 2.98. The van der Waals surface area contributed by atoms with Crippen LogP contribution in [0.4, 0.5) is 0 Å². The van der Waals surface area contributed by atoms with Crippen LogP contribution in [0.2, 0.25) is 0 Å². The summed E-state index contributed by atoms with van der Waals surface area (Å²) < 4.78 is 5.57. The van der Waals surface area contributed by atoms with E-state index >= 15 is 0 Å². The highest BCUT2D eigenvalue weighted by molar-refractivity contribution is 5.34. The summed E-state index contributed by atoms with van der Waals surface area (Å²) in [6.45, 7) is 9.50. The number of hydrogen-bond donors (Lipinski definition) is 1. The van der Waals surface area contributed by atoms with Gasteiger partial charge in [-0.2, -0.15) is 0 Å². The van der Waals surface area contributed by atoms with E-state index in [1.54, 1.807) is 0 Å². The molecule has 2 rings (SSSR count). The van der Waals surface area contributed by atoms with Gasteiger partial charge in [-0.3, -0.25) is 0 Å². The maximum atomic E-state index is 5.57. The van der Waals surface area contributed by atoms with Crippen LogP contribution < -0.4 is 5.32 Å². The molecule has 0 aromatic heterocycles. The highest BCUT2D eigenvalue weighted by Gasteiger charge is 2.26. The van der Waals surface area contributed by atoms with Crippen LogP contribution in [0.25, 0.3) is 0 Å². The van der Waals surface area contributed by atoms with Gasteiger partial charge >= 0.3 is 0 Å². The zero-order valence-corrected chi connectivity index (χ0v) is 12.5. The third-order valence-corrected chi connectivity index (χ3v) is 4.21. The van der Waals surface area contributed by atoms with Gasteiger partial charge in [-0.05, 0) is 42.5 Å². The molecular formula is C17H27NO. The molecule has 1 N–H and O–H groups in total. The second-order valence-electron chi connectivity index (χ2n) is 5.39. The molecule has 1 fully saturated rings. The minimum absolute atomic E-state index is 0.448. The molecule has 2 nitrogen and oxygen atoms in total. The lowest BCUT2D eigenvalue weighted by Crippen LogP contribution is -2.28. The molecule has 0 spiro atoms. The van der Waals surface area contributed by atoms with Crippen molar-refractivity contribution in [3.63, 3.8) is 0 Å². The smallest absolute Gasteiger partial charge is 0.0513 e. The molecule has 106 valence electrons. The van der Waals surface area contributed by atoms with E-state index < -0.39 is 0 Å². The maximum Gasteiger partial charge on any atom is 0.0513 e. The molecule has 1 saturated heterocycles. The summed E-state index contributed by atoms with van der Waals surface area (Å²) in [5, 5.41) is 3.65. The Labute approximate surface area is 117 Å². The molecule has 0 radical (unpaired) electrons. The minimum atomic E-state index is 0.448. The molecule has 0 saturated carbocycles. The number of nitrogens with one attached hydrogen (secondary N) is 1. The van der Waals surface area contributed by atoms with Crippen LogP contribution in [0.3, 0.4) is 0 Å². The predicted octanol–water partition coefficient (Wildman–Crippen LogP) is 3.50. The van der Waals surface area contributed by atoms with Gasteiger partial charge in [-0.25, -0.2) is 0 Å². The highest BCUT2D eigenvalue weighted by Crippen LogP contribution is 2.30. The van der Waals surface area contributed by atoms with E-state index in [0.29, 0.717) is 12.0 Å². The van der Waals surface area contributed by atoms with Crippen LogP contribution in [0.15, 0.2) is 18.2 Å². The Morgan fingerprint density at radius 2 is 2.00 bits per heavy atom. The van der Waals surface area contributed by atoms with Crippen LogP contribution >= 0.6 is 0 Å². The first-order chi connectivity index (χ1) is 9.30. The van der Waals surface area contributed by atoms with Gasteiger partial charge in [0.1, 0.15) is 0 Å². The van der Waals surface area contributed by atoms with Crippen molar-refractivity contribution in [2.45, 2.75) is 46.1 Å². The van der Waals surface area contributed by atoms with E-state index in [0.717, 1.165) is 32.6 Å². The van der Waals surface area contributed by atoms with Gasteiger partial charge in [0.15, 0.2) is 0 Å². The maximum absolute atomic E-state index is 5.57. The molecule has 1 aliphatic rings. The Balaban J connectivity index is 2.25. The largest absolute Gasteiger partial charge is 0.381 e. The van der Waals surface area contributed by atoms with Gasteiger partial charge in [-0.15, -0.1) is 0 Å². The lowest BCUT2D eigenvalue weighted by molar-refractivity contribution is 0.177. The number of aryl methyl sites for hydroxylation is 2. The summed E-state index contributed by atoms with van der Waals surface area (Å²) in [5.41, 5.74) is 4.43. The topological polar surface area (TPSA) is 21.3 Å². The molecule has 1 aliphatic heterocycles. The Hall–Kier alpha value is -0.860. The van der Waals surface area contributed by atoms with Crippen LogP contribution in [0, 0.1) is 5.92 Å². The standard InChI is InChI=1S/C17H27NO/c1-4-13-7-8-15(11-14(13)5-2)17(18-6-3)16-9-10-19-12-16/h7-8,11,16-18H,4-6,9-10,12H2,1-3H3. The normalized spacial score (nSPS) is 20.7. The molecular weight excluding hydrogens is 234 g/mol. The lowest BCUT2D eigenvalue weighted by atomic mass is 9.89. The average molecular weight is 261 g/mol. The molecule has 19 heavy (non-hydrogen) atoms. The summed E-state index contributed by atoms with van der Waals surface area (Å²) in [7, 11) is 0. The molecule has 2 atom stereocenters. The fourth-order valence-electron chi connectivity index (χ4n) is 3.11. The number of rotatable bonds is 6. The van der Waals surface area contributed by atoms with Gasteiger partial charge < -0.3 is 10.1 Å². The Morgan fingerprint density at radius 3 is 2.58 bits per heavy atom. The minimum Gasteiger partial charge on any atom is -0.381 e. The van der Waals surface area contributed by atoms with E-state index in [1.165, 1.54) is 23.1 Å². The van der Waals surface area contributed by atoms with Crippen molar-refractivity contribution in [2.75, 3.05) is 19.8 Å². The Bertz CT molecular complexity index is 396. The van der Waals surface area contributed by atoms with Crippen molar-refractivity contribution >= 4 is 0 Å². The second kappa shape index (κ2) is 7.06. The van der Waals surface area contributed by atoms with Crippen LogP contribution in [0.5, 0.6) is 0 Å². The number of ether oxygens (including phenoxy) is 1. The van der Waals surface area contributed by atoms with E-state index in [2.05, 4.69) is 44.3 Å². The number of benzene rings is 1. The van der Waals surface area contributed by atoms with E-state index in [1.807, 2.05) is 0 Å².